The molecule has 1 aliphatic rings. The summed E-state index contributed by atoms with van der Waals surface area (Å²) in [7, 11) is 0. The summed E-state index contributed by atoms with van der Waals surface area (Å²) in [5.74, 6) is 0.145. The highest BCUT2D eigenvalue weighted by molar-refractivity contribution is 9.10. The molecule has 2 nitrogen and oxygen atoms in total. The highest BCUT2D eigenvalue weighted by atomic mass is 79.9. The predicted octanol–water partition coefficient (Wildman–Crippen LogP) is 2.36. The van der Waals surface area contributed by atoms with Gasteiger partial charge in [0, 0.05) is 23.8 Å². The summed E-state index contributed by atoms with van der Waals surface area (Å²) in [6.07, 6.45) is 5.61. The summed E-state index contributed by atoms with van der Waals surface area (Å²) < 4.78 is 14.0. The third-order valence-corrected chi connectivity index (χ3v) is 2.34. The molecule has 0 fully saturated rings. The molecular formula is C9H8BrFN2. The summed E-state index contributed by atoms with van der Waals surface area (Å²) >= 11 is 3.17. The molecule has 2 rings (SSSR count). The topological polar surface area (TPSA) is 16.1 Å². The first kappa shape index (κ1) is 8.69. The van der Waals surface area contributed by atoms with Crippen molar-refractivity contribution in [3.05, 3.63) is 34.7 Å². The van der Waals surface area contributed by atoms with Crippen molar-refractivity contribution in [2.24, 2.45) is 0 Å². The second-order valence-corrected chi connectivity index (χ2v) is 3.75. The molecule has 0 saturated heterocycles. The van der Waals surface area contributed by atoms with Gasteiger partial charge in [0.15, 0.2) is 11.6 Å². The van der Waals surface area contributed by atoms with Crippen molar-refractivity contribution in [2.75, 3.05) is 18.0 Å². The Morgan fingerprint density at radius 3 is 2.69 bits per heavy atom. The second kappa shape index (κ2) is 3.46. The van der Waals surface area contributed by atoms with E-state index >= 15 is 0 Å². The smallest absolute Gasteiger partial charge is 0.166 e. The molecule has 0 atom stereocenters. The lowest BCUT2D eigenvalue weighted by Gasteiger charge is -2.16. The fourth-order valence-electron chi connectivity index (χ4n) is 1.29. The van der Waals surface area contributed by atoms with Crippen molar-refractivity contribution in [2.45, 2.75) is 0 Å². The van der Waals surface area contributed by atoms with Crippen LogP contribution in [0.2, 0.25) is 0 Å². The van der Waals surface area contributed by atoms with Crippen molar-refractivity contribution in [3.8, 4) is 0 Å². The van der Waals surface area contributed by atoms with Crippen LogP contribution in [0.15, 0.2) is 28.9 Å². The van der Waals surface area contributed by atoms with Gasteiger partial charge in [0.05, 0.1) is 0 Å². The largest absolute Gasteiger partial charge is 0.347 e. The zero-order valence-corrected chi connectivity index (χ0v) is 8.46. The molecule has 0 saturated carbocycles. The Morgan fingerprint density at radius 2 is 2.08 bits per heavy atom. The van der Waals surface area contributed by atoms with Gasteiger partial charge < -0.3 is 4.90 Å². The van der Waals surface area contributed by atoms with E-state index in [0.29, 0.717) is 10.3 Å². The van der Waals surface area contributed by atoms with Gasteiger partial charge in [-0.15, -0.1) is 0 Å². The SMILES string of the molecule is Fc1cc(Br)cnc1N1CC=CC1. The molecule has 0 aliphatic carbocycles. The number of rotatable bonds is 1. The van der Waals surface area contributed by atoms with Gasteiger partial charge in [-0.1, -0.05) is 12.2 Å². The predicted molar refractivity (Wildman–Crippen MR) is 53.2 cm³/mol. The summed E-state index contributed by atoms with van der Waals surface area (Å²) in [6.45, 7) is 1.48. The van der Waals surface area contributed by atoms with Crippen molar-refractivity contribution in [1.82, 2.24) is 4.98 Å². The number of halogens is 2. The van der Waals surface area contributed by atoms with E-state index in [1.807, 2.05) is 17.1 Å². The first-order valence-corrected chi connectivity index (χ1v) is 4.77. The minimum Gasteiger partial charge on any atom is -0.347 e. The van der Waals surface area contributed by atoms with E-state index in [0.717, 1.165) is 13.1 Å². The van der Waals surface area contributed by atoms with Crippen molar-refractivity contribution >= 4 is 21.7 Å². The molecule has 13 heavy (non-hydrogen) atoms. The molecule has 0 N–H and O–H groups in total. The van der Waals surface area contributed by atoms with Crippen LogP contribution in [0.5, 0.6) is 0 Å². The van der Waals surface area contributed by atoms with Crippen molar-refractivity contribution in [3.63, 3.8) is 0 Å². The van der Waals surface area contributed by atoms with Crippen LogP contribution in [-0.4, -0.2) is 18.1 Å². The number of hydrogen-bond donors (Lipinski definition) is 0. The molecule has 2 heterocycles. The van der Waals surface area contributed by atoms with Crippen LogP contribution in [0.4, 0.5) is 10.2 Å². The van der Waals surface area contributed by atoms with Gasteiger partial charge in [0.25, 0.3) is 0 Å². The molecule has 4 heteroatoms. The van der Waals surface area contributed by atoms with E-state index in [4.69, 9.17) is 0 Å². The fourth-order valence-corrected chi connectivity index (χ4v) is 1.59. The van der Waals surface area contributed by atoms with Gasteiger partial charge in [-0.3, -0.25) is 0 Å². The minimum absolute atomic E-state index is 0.280. The van der Waals surface area contributed by atoms with Crippen LogP contribution in [0, 0.1) is 5.82 Å². The van der Waals surface area contributed by atoms with E-state index in [-0.39, 0.29) is 5.82 Å². The third-order valence-electron chi connectivity index (χ3n) is 1.91. The van der Waals surface area contributed by atoms with E-state index in [1.165, 1.54) is 6.07 Å². The summed E-state index contributed by atoms with van der Waals surface area (Å²) in [5, 5.41) is 0. The maximum absolute atomic E-state index is 13.3. The van der Waals surface area contributed by atoms with Gasteiger partial charge in [-0.05, 0) is 22.0 Å². The molecule has 1 aliphatic heterocycles. The third kappa shape index (κ3) is 1.72. The zero-order valence-electron chi connectivity index (χ0n) is 6.87. The maximum Gasteiger partial charge on any atom is 0.166 e. The molecule has 0 bridgehead atoms. The standard InChI is InChI=1S/C9H8BrFN2/c10-7-5-8(11)9(12-6-7)13-3-1-2-4-13/h1-2,5-6H,3-4H2. The van der Waals surface area contributed by atoms with Gasteiger partial charge in [0.1, 0.15) is 0 Å². The molecule has 68 valence electrons. The number of hydrogen-bond acceptors (Lipinski definition) is 2. The van der Waals surface area contributed by atoms with Gasteiger partial charge in [0.2, 0.25) is 0 Å². The first-order chi connectivity index (χ1) is 6.27. The minimum atomic E-state index is -0.280. The van der Waals surface area contributed by atoms with Crippen LogP contribution in [-0.2, 0) is 0 Å². The fraction of sp³-hybridized carbons (Fsp3) is 0.222. The Hall–Kier alpha value is -0.900. The molecular weight excluding hydrogens is 235 g/mol. The van der Waals surface area contributed by atoms with E-state index in [1.54, 1.807) is 6.20 Å². The van der Waals surface area contributed by atoms with E-state index in [9.17, 15) is 4.39 Å². The number of aromatic nitrogens is 1. The molecule has 0 unspecified atom stereocenters. The first-order valence-electron chi connectivity index (χ1n) is 3.98. The Balaban J connectivity index is 2.30. The van der Waals surface area contributed by atoms with Crippen LogP contribution < -0.4 is 4.90 Å². The highest BCUT2D eigenvalue weighted by Crippen LogP contribution is 2.21. The zero-order chi connectivity index (χ0) is 9.26. The number of nitrogens with zero attached hydrogens (tertiary/aromatic N) is 2. The van der Waals surface area contributed by atoms with Crippen molar-refractivity contribution in [1.29, 1.82) is 0 Å². The Morgan fingerprint density at radius 1 is 1.38 bits per heavy atom. The average Bonchev–Trinajstić information content (AvgIpc) is 2.56. The van der Waals surface area contributed by atoms with E-state index < -0.39 is 0 Å². The van der Waals surface area contributed by atoms with Crippen LogP contribution >= 0.6 is 15.9 Å². The Kier molecular flexibility index (Phi) is 2.31. The molecule has 1 aromatic rings. The normalized spacial score (nSPS) is 15.4. The average molecular weight is 243 g/mol. The highest BCUT2D eigenvalue weighted by Gasteiger charge is 2.13. The molecule has 0 spiro atoms. The number of anilines is 1. The lowest BCUT2D eigenvalue weighted by atomic mass is 10.4. The quantitative estimate of drug-likeness (QED) is 0.704. The Labute approximate surface area is 84.2 Å². The van der Waals surface area contributed by atoms with Gasteiger partial charge in [-0.25, -0.2) is 9.37 Å². The second-order valence-electron chi connectivity index (χ2n) is 2.84. The lowest BCUT2D eigenvalue weighted by molar-refractivity contribution is 0.615. The molecule has 0 aromatic carbocycles. The molecule has 0 radical (unpaired) electrons. The number of pyridine rings is 1. The van der Waals surface area contributed by atoms with Gasteiger partial charge in [-0.2, -0.15) is 0 Å². The summed E-state index contributed by atoms with van der Waals surface area (Å²) in [4.78, 5) is 5.90. The molecule has 0 amide bonds. The monoisotopic (exact) mass is 242 g/mol. The van der Waals surface area contributed by atoms with Crippen LogP contribution in [0.25, 0.3) is 0 Å². The van der Waals surface area contributed by atoms with E-state index in [2.05, 4.69) is 20.9 Å². The van der Waals surface area contributed by atoms with Crippen molar-refractivity contribution < 1.29 is 4.39 Å². The molecule has 1 aromatic heterocycles. The van der Waals surface area contributed by atoms with Crippen LogP contribution in [0.3, 0.4) is 0 Å². The van der Waals surface area contributed by atoms with Crippen LogP contribution in [0.1, 0.15) is 0 Å². The summed E-state index contributed by atoms with van der Waals surface area (Å²) in [5.41, 5.74) is 0. The summed E-state index contributed by atoms with van der Waals surface area (Å²) in [6, 6.07) is 1.43. The Bertz CT molecular complexity index is 343. The lowest BCUT2D eigenvalue weighted by Crippen LogP contribution is -2.21. The maximum atomic E-state index is 13.3. The van der Waals surface area contributed by atoms with Gasteiger partial charge >= 0.3 is 0 Å².